The van der Waals surface area contributed by atoms with Gasteiger partial charge >= 0.3 is 0 Å². The van der Waals surface area contributed by atoms with Gasteiger partial charge in [-0.1, -0.05) is 23.7 Å². The molecular weight excluding hydrogens is 244 g/mol. The normalized spacial score (nSPS) is 19.8. The third-order valence-electron chi connectivity index (χ3n) is 3.74. The summed E-state index contributed by atoms with van der Waals surface area (Å²) in [5, 5.41) is 0.820. The van der Waals surface area contributed by atoms with Gasteiger partial charge in [0.15, 0.2) is 0 Å². The number of hydrogen-bond donors (Lipinski definition) is 0. The average Bonchev–Trinajstić information content (AvgIpc) is 2.82. The Morgan fingerprint density at radius 3 is 2.94 bits per heavy atom. The van der Waals surface area contributed by atoms with E-state index in [9.17, 15) is 0 Å². The molecule has 1 atom stereocenters. The van der Waals surface area contributed by atoms with Crippen LogP contribution < -0.4 is 0 Å². The predicted molar refractivity (Wildman–Crippen MR) is 74.7 cm³/mol. The molecule has 2 heterocycles. The third kappa shape index (κ3) is 2.18. The molecule has 94 valence electrons. The molecule has 2 aromatic rings. The second-order valence-electron chi connectivity index (χ2n) is 4.90. The van der Waals surface area contributed by atoms with Crippen LogP contribution in [0.15, 0.2) is 42.6 Å². The summed E-state index contributed by atoms with van der Waals surface area (Å²) in [6.07, 6.45) is 2.17. The van der Waals surface area contributed by atoms with Crippen LogP contribution in [0.2, 0.25) is 5.02 Å². The number of halogens is 1. The van der Waals surface area contributed by atoms with Crippen molar-refractivity contribution in [3.8, 4) is 0 Å². The zero-order valence-corrected chi connectivity index (χ0v) is 11.3. The first-order chi connectivity index (χ1) is 8.74. The maximum atomic E-state index is 6.04. The second kappa shape index (κ2) is 4.79. The summed E-state index contributed by atoms with van der Waals surface area (Å²) in [4.78, 5) is 2.50. The lowest BCUT2D eigenvalue weighted by atomic mass is 10.1. The Morgan fingerprint density at radius 2 is 2.11 bits per heavy atom. The van der Waals surface area contributed by atoms with Crippen LogP contribution in [-0.4, -0.2) is 16.0 Å². The summed E-state index contributed by atoms with van der Waals surface area (Å²) in [6.45, 7) is 5.41. The summed E-state index contributed by atoms with van der Waals surface area (Å²) < 4.78 is 2.35. The topological polar surface area (TPSA) is 8.17 Å². The first kappa shape index (κ1) is 11.8. The van der Waals surface area contributed by atoms with E-state index >= 15 is 0 Å². The summed E-state index contributed by atoms with van der Waals surface area (Å²) in [7, 11) is 0. The van der Waals surface area contributed by atoms with Crippen LogP contribution in [-0.2, 0) is 13.1 Å². The standard InChI is InChI=1S/C15H17ClN2/c1-12-15-6-3-7-17(15)8-9-18(12)11-13-4-2-5-14(16)10-13/h2-7,10,12H,8-9,11H2,1H3/t12-/m1/s1. The lowest BCUT2D eigenvalue weighted by molar-refractivity contribution is 0.161. The van der Waals surface area contributed by atoms with E-state index in [1.807, 2.05) is 12.1 Å². The quantitative estimate of drug-likeness (QED) is 0.799. The molecule has 1 aliphatic heterocycles. The summed E-state index contributed by atoms with van der Waals surface area (Å²) in [5.74, 6) is 0. The smallest absolute Gasteiger partial charge is 0.0476 e. The maximum absolute atomic E-state index is 6.04. The molecule has 0 fully saturated rings. The number of rotatable bonds is 2. The minimum absolute atomic E-state index is 0.465. The Hall–Kier alpha value is -1.25. The first-order valence-corrected chi connectivity index (χ1v) is 6.75. The minimum Gasteiger partial charge on any atom is -0.349 e. The van der Waals surface area contributed by atoms with E-state index in [0.717, 1.165) is 24.7 Å². The Morgan fingerprint density at radius 1 is 1.22 bits per heavy atom. The number of benzene rings is 1. The first-order valence-electron chi connectivity index (χ1n) is 6.37. The van der Waals surface area contributed by atoms with Crippen molar-refractivity contribution in [2.45, 2.75) is 26.1 Å². The minimum atomic E-state index is 0.465. The average molecular weight is 261 g/mol. The Bertz CT molecular complexity index is 547. The zero-order chi connectivity index (χ0) is 12.5. The largest absolute Gasteiger partial charge is 0.349 e. The summed E-state index contributed by atoms with van der Waals surface area (Å²) in [5.41, 5.74) is 2.69. The molecule has 0 radical (unpaired) electrons. The Kier molecular flexibility index (Phi) is 3.14. The van der Waals surface area contributed by atoms with Gasteiger partial charge in [0.25, 0.3) is 0 Å². The van der Waals surface area contributed by atoms with Gasteiger partial charge in [-0.25, -0.2) is 0 Å². The van der Waals surface area contributed by atoms with Gasteiger partial charge in [0.2, 0.25) is 0 Å². The van der Waals surface area contributed by atoms with E-state index in [1.165, 1.54) is 11.3 Å². The van der Waals surface area contributed by atoms with Crippen LogP contribution in [0.4, 0.5) is 0 Å². The van der Waals surface area contributed by atoms with Crippen molar-refractivity contribution in [3.05, 3.63) is 58.9 Å². The molecule has 1 aromatic carbocycles. The summed E-state index contributed by atoms with van der Waals surface area (Å²) >= 11 is 6.04. The SMILES string of the molecule is C[C@@H]1c2cccn2CCN1Cc1cccc(Cl)c1. The van der Waals surface area contributed by atoms with Crippen molar-refractivity contribution in [3.63, 3.8) is 0 Å². The van der Waals surface area contributed by atoms with Gasteiger partial charge in [0.1, 0.15) is 0 Å². The predicted octanol–water partition coefficient (Wildman–Crippen LogP) is 3.72. The van der Waals surface area contributed by atoms with Crippen molar-refractivity contribution in [1.82, 2.24) is 9.47 Å². The molecule has 0 saturated carbocycles. The van der Waals surface area contributed by atoms with E-state index in [-0.39, 0.29) is 0 Å². The molecule has 0 unspecified atom stereocenters. The molecule has 0 N–H and O–H groups in total. The van der Waals surface area contributed by atoms with Crippen molar-refractivity contribution < 1.29 is 0 Å². The highest BCUT2D eigenvalue weighted by Crippen LogP contribution is 2.27. The fraction of sp³-hybridized carbons (Fsp3) is 0.333. The lowest BCUT2D eigenvalue weighted by Gasteiger charge is -2.34. The van der Waals surface area contributed by atoms with Crippen LogP contribution in [0.1, 0.15) is 24.2 Å². The van der Waals surface area contributed by atoms with Crippen molar-refractivity contribution >= 4 is 11.6 Å². The van der Waals surface area contributed by atoms with E-state index in [2.05, 4.69) is 46.9 Å². The fourth-order valence-corrected chi connectivity index (χ4v) is 2.93. The van der Waals surface area contributed by atoms with Crippen molar-refractivity contribution in [2.24, 2.45) is 0 Å². The van der Waals surface area contributed by atoms with Gasteiger partial charge in [-0.3, -0.25) is 4.90 Å². The molecule has 2 nitrogen and oxygen atoms in total. The molecule has 18 heavy (non-hydrogen) atoms. The monoisotopic (exact) mass is 260 g/mol. The lowest BCUT2D eigenvalue weighted by Crippen LogP contribution is -2.35. The molecule has 3 rings (SSSR count). The second-order valence-corrected chi connectivity index (χ2v) is 5.34. The number of fused-ring (bicyclic) bond motifs is 1. The molecule has 1 aromatic heterocycles. The van der Waals surface area contributed by atoms with Gasteiger partial charge in [-0.15, -0.1) is 0 Å². The van der Waals surface area contributed by atoms with Crippen LogP contribution in [0.5, 0.6) is 0 Å². The van der Waals surface area contributed by atoms with E-state index in [0.29, 0.717) is 6.04 Å². The molecular formula is C15H17ClN2. The Balaban J connectivity index is 1.79. The molecule has 0 spiro atoms. The van der Waals surface area contributed by atoms with Crippen LogP contribution >= 0.6 is 11.6 Å². The van der Waals surface area contributed by atoms with Crippen molar-refractivity contribution in [2.75, 3.05) is 6.54 Å². The zero-order valence-electron chi connectivity index (χ0n) is 10.5. The van der Waals surface area contributed by atoms with Crippen molar-refractivity contribution in [1.29, 1.82) is 0 Å². The molecule has 0 aliphatic carbocycles. The highest BCUT2D eigenvalue weighted by atomic mass is 35.5. The number of aromatic nitrogens is 1. The molecule has 0 amide bonds. The van der Waals surface area contributed by atoms with Crippen LogP contribution in [0, 0.1) is 0 Å². The molecule has 3 heteroatoms. The van der Waals surface area contributed by atoms with Crippen LogP contribution in [0.25, 0.3) is 0 Å². The summed E-state index contributed by atoms with van der Waals surface area (Å²) in [6, 6.07) is 13.0. The fourth-order valence-electron chi connectivity index (χ4n) is 2.71. The highest BCUT2D eigenvalue weighted by Gasteiger charge is 2.23. The Labute approximate surface area is 113 Å². The van der Waals surface area contributed by atoms with Gasteiger partial charge < -0.3 is 4.57 Å². The van der Waals surface area contributed by atoms with Gasteiger partial charge in [-0.05, 0) is 36.8 Å². The highest BCUT2D eigenvalue weighted by molar-refractivity contribution is 6.30. The molecule has 0 bridgehead atoms. The number of nitrogens with zero attached hydrogens (tertiary/aromatic N) is 2. The third-order valence-corrected chi connectivity index (χ3v) is 3.98. The van der Waals surface area contributed by atoms with Gasteiger partial charge in [0.05, 0.1) is 0 Å². The van der Waals surface area contributed by atoms with E-state index in [1.54, 1.807) is 0 Å². The maximum Gasteiger partial charge on any atom is 0.0476 e. The van der Waals surface area contributed by atoms with E-state index in [4.69, 9.17) is 11.6 Å². The van der Waals surface area contributed by atoms with Crippen LogP contribution in [0.3, 0.4) is 0 Å². The molecule has 1 aliphatic rings. The van der Waals surface area contributed by atoms with E-state index < -0.39 is 0 Å². The molecule has 0 saturated heterocycles. The number of hydrogen-bond acceptors (Lipinski definition) is 1. The van der Waals surface area contributed by atoms with Gasteiger partial charge in [0, 0.05) is 42.6 Å². The van der Waals surface area contributed by atoms with Gasteiger partial charge in [-0.2, -0.15) is 0 Å².